The van der Waals surface area contributed by atoms with Crippen molar-refractivity contribution in [1.82, 2.24) is 14.7 Å². The Hall–Kier alpha value is -1.50. The Kier molecular flexibility index (Phi) is 5.48. The minimum Gasteiger partial charge on any atom is -0.392 e. The maximum Gasteiger partial charge on any atom is 0.223 e. The molecule has 0 saturated carbocycles. The summed E-state index contributed by atoms with van der Waals surface area (Å²) in [4.78, 5) is 18.6. The van der Waals surface area contributed by atoms with Crippen molar-refractivity contribution in [1.29, 1.82) is 0 Å². The highest BCUT2D eigenvalue weighted by atomic mass is 19.1. The molecule has 2 aliphatic rings. The maximum absolute atomic E-state index is 13.5. The van der Waals surface area contributed by atoms with Crippen LogP contribution in [0.4, 0.5) is 4.39 Å². The number of amides is 1. The molecule has 0 aliphatic carbocycles. The van der Waals surface area contributed by atoms with Crippen LogP contribution in [0.1, 0.15) is 24.4 Å². The molecule has 2 atom stereocenters. The third-order valence-corrected chi connectivity index (χ3v) is 5.08. The first-order valence-corrected chi connectivity index (χ1v) is 8.67. The Labute approximate surface area is 142 Å². The monoisotopic (exact) mass is 335 g/mol. The van der Waals surface area contributed by atoms with Crippen LogP contribution in [0.25, 0.3) is 0 Å². The molecule has 5 nitrogen and oxygen atoms in total. The highest BCUT2D eigenvalue weighted by molar-refractivity contribution is 5.76. The molecule has 0 spiro atoms. The van der Waals surface area contributed by atoms with Gasteiger partial charge in [-0.05, 0) is 31.2 Å². The van der Waals surface area contributed by atoms with E-state index in [1.54, 1.807) is 6.07 Å². The number of rotatable bonds is 4. The van der Waals surface area contributed by atoms with E-state index in [0.29, 0.717) is 25.9 Å². The Bertz CT molecular complexity index is 575. The number of likely N-dealkylation sites (N-methyl/N-ethyl adjacent to an activating group) is 1. The summed E-state index contributed by atoms with van der Waals surface area (Å²) in [7, 11) is 2.07. The zero-order chi connectivity index (χ0) is 17.1. The molecule has 132 valence electrons. The first-order chi connectivity index (χ1) is 11.5. The molecular weight excluding hydrogens is 309 g/mol. The molecule has 0 aromatic heterocycles. The van der Waals surface area contributed by atoms with Gasteiger partial charge in [0.15, 0.2) is 0 Å². The molecule has 1 amide bonds. The van der Waals surface area contributed by atoms with Gasteiger partial charge in [0.2, 0.25) is 5.91 Å². The molecule has 6 heteroatoms. The fraction of sp³-hybridized carbons (Fsp3) is 0.611. The second kappa shape index (κ2) is 7.59. The summed E-state index contributed by atoms with van der Waals surface area (Å²) >= 11 is 0. The van der Waals surface area contributed by atoms with Crippen LogP contribution in [0.3, 0.4) is 0 Å². The Morgan fingerprint density at radius 3 is 2.75 bits per heavy atom. The smallest absolute Gasteiger partial charge is 0.223 e. The standard InChI is InChI=1S/C18H26FN3O2/c1-20-7-9-21(10-8-20)18(24)5-6-22-13-16(23)12-17(22)14-3-2-4-15(19)11-14/h2-4,11,16-17,23H,5-10,12-13H2,1H3. The van der Waals surface area contributed by atoms with Crippen LogP contribution in [-0.4, -0.2) is 78.1 Å². The topological polar surface area (TPSA) is 47.0 Å². The number of β-amino-alcohol motifs (C(OH)–C–C–N with tert-alkyl or cyclic N) is 1. The zero-order valence-electron chi connectivity index (χ0n) is 14.2. The molecule has 2 heterocycles. The maximum atomic E-state index is 13.5. The second-order valence-corrected chi connectivity index (χ2v) is 6.89. The summed E-state index contributed by atoms with van der Waals surface area (Å²) in [6, 6.07) is 6.52. The number of nitrogens with zero attached hydrogens (tertiary/aromatic N) is 3. The zero-order valence-corrected chi connectivity index (χ0v) is 14.2. The third kappa shape index (κ3) is 4.12. The van der Waals surface area contributed by atoms with Crippen LogP contribution in [-0.2, 0) is 4.79 Å². The van der Waals surface area contributed by atoms with Crippen molar-refractivity contribution in [2.24, 2.45) is 0 Å². The fourth-order valence-electron chi connectivity index (χ4n) is 3.64. The molecule has 24 heavy (non-hydrogen) atoms. The third-order valence-electron chi connectivity index (χ3n) is 5.08. The minimum absolute atomic E-state index is 0.0176. The summed E-state index contributed by atoms with van der Waals surface area (Å²) < 4.78 is 13.5. The normalized spacial score (nSPS) is 26.0. The van der Waals surface area contributed by atoms with Crippen LogP contribution in [0.15, 0.2) is 24.3 Å². The summed E-state index contributed by atoms with van der Waals surface area (Å²) in [5.41, 5.74) is 0.874. The lowest BCUT2D eigenvalue weighted by Crippen LogP contribution is -2.47. The number of carbonyl (C=O) groups excluding carboxylic acids is 1. The highest BCUT2D eigenvalue weighted by Crippen LogP contribution is 2.32. The predicted molar refractivity (Wildman–Crippen MR) is 90.0 cm³/mol. The van der Waals surface area contributed by atoms with E-state index in [4.69, 9.17) is 0 Å². The van der Waals surface area contributed by atoms with E-state index in [1.165, 1.54) is 12.1 Å². The molecule has 1 N–H and O–H groups in total. The summed E-state index contributed by atoms with van der Waals surface area (Å²) in [5, 5.41) is 10.0. The molecule has 2 aliphatic heterocycles. The van der Waals surface area contributed by atoms with Crippen LogP contribution >= 0.6 is 0 Å². The van der Waals surface area contributed by atoms with Gasteiger partial charge in [0.25, 0.3) is 0 Å². The lowest BCUT2D eigenvalue weighted by atomic mass is 10.0. The van der Waals surface area contributed by atoms with Crippen molar-refractivity contribution < 1.29 is 14.3 Å². The summed E-state index contributed by atoms with van der Waals surface area (Å²) in [6.45, 7) is 4.54. The van der Waals surface area contributed by atoms with Crippen LogP contribution < -0.4 is 0 Å². The van der Waals surface area contributed by atoms with Crippen molar-refractivity contribution in [3.8, 4) is 0 Å². The van der Waals surface area contributed by atoms with E-state index in [2.05, 4.69) is 16.8 Å². The van der Waals surface area contributed by atoms with Crippen LogP contribution in [0, 0.1) is 5.82 Å². The van der Waals surface area contributed by atoms with Gasteiger partial charge in [-0.1, -0.05) is 12.1 Å². The van der Waals surface area contributed by atoms with E-state index < -0.39 is 6.10 Å². The summed E-state index contributed by atoms with van der Waals surface area (Å²) in [6.07, 6.45) is 0.617. The Morgan fingerprint density at radius 2 is 2.04 bits per heavy atom. The predicted octanol–water partition coefficient (Wildman–Crippen LogP) is 1.10. The van der Waals surface area contributed by atoms with Gasteiger partial charge in [-0.25, -0.2) is 4.39 Å². The number of aliphatic hydroxyl groups excluding tert-OH is 1. The molecule has 2 unspecified atom stereocenters. The van der Waals surface area contributed by atoms with Gasteiger partial charge in [0.1, 0.15) is 5.82 Å². The molecule has 2 saturated heterocycles. The number of carbonyl (C=O) groups is 1. The van der Waals surface area contributed by atoms with Gasteiger partial charge in [0, 0.05) is 51.7 Å². The number of hydrogen-bond donors (Lipinski definition) is 1. The number of aliphatic hydroxyl groups is 1. The van der Waals surface area contributed by atoms with Crippen molar-refractivity contribution in [3.63, 3.8) is 0 Å². The first-order valence-electron chi connectivity index (χ1n) is 8.67. The first kappa shape index (κ1) is 17.3. The van der Waals surface area contributed by atoms with E-state index in [0.717, 1.165) is 31.7 Å². The lowest BCUT2D eigenvalue weighted by molar-refractivity contribution is -0.133. The summed E-state index contributed by atoms with van der Waals surface area (Å²) in [5.74, 6) is -0.0927. The number of halogens is 1. The van der Waals surface area contributed by atoms with E-state index in [1.807, 2.05) is 11.0 Å². The molecule has 0 bridgehead atoms. The van der Waals surface area contributed by atoms with E-state index >= 15 is 0 Å². The molecule has 0 radical (unpaired) electrons. The van der Waals surface area contributed by atoms with Gasteiger partial charge in [-0.2, -0.15) is 0 Å². The molecule has 3 rings (SSSR count). The van der Waals surface area contributed by atoms with Crippen molar-refractivity contribution >= 4 is 5.91 Å². The van der Waals surface area contributed by atoms with E-state index in [9.17, 15) is 14.3 Å². The quantitative estimate of drug-likeness (QED) is 0.895. The number of hydrogen-bond acceptors (Lipinski definition) is 4. The molecule has 2 fully saturated rings. The van der Waals surface area contributed by atoms with Gasteiger partial charge in [0.05, 0.1) is 6.10 Å². The SMILES string of the molecule is CN1CCN(C(=O)CCN2CC(O)CC2c2cccc(F)c2)CC1. The second-order valence-electron chi connectivity index (χ2n) is 6.89. The average molecular weight is 335 g/mol. The molecule has 1 aromatic carbocycles. The largest absolute Gasteiger partial charge is 0.392 e. The number of likely N-dealkylation sites (tertiary alicyclic amines) is 1. The van der Waals surface area contributed by atoms with Gasteiger partial charge >= 0.3 is 0 Å². The van der Waals surface area contributed by atoms with Gasteiger partial charge < -0.3 is 14.9 Å². The Morgan fingerprint density at radius 1 is 1.29 bits per heavy atom. The van der Waals surface area contributed by atoms with Crippen molar-refractivity contribution in [2.45, 2.75) is 25.0 Å². The lowest BCUT2D eigenvalue weighted by Gasteiger charge is -2.33. The van der Waals surface area contributed by atoms with Crippen LogP contribution in [0.5, 0.6) is 0 Å². The van der Waals surface area contributed by atoms with Crippen molar-refractivity contribution in [2.75, 3.05) is 46.3 Å². The number of piperazine rings is 1. The highest BCUT2D eigenvalue weighted by Gasteiger charge is 2.32. The fourth-order valence-corrected chi connectivity index (χ4v) is 3.64. The molecular formula is C18H26FN3O2. The van der Waals surface area contributed by atoms with Gasteiger partial charge in [-0.3, -0.25) is 9.69 Å². The van der Waals surface area contributed by atoms with Crippen molar-refractivity contribution in [3.05, 3.63) is 35.6 Å². The average Bonchev–Trinajstić information content (AvgIpc) is 2.94. The Balaban J connectivity index is 1.58. The number of benzene rings is 1. The molecule has 1 aromatic rings. The minimum atomic E-state index is -0.419. The van der Waals surface area contributed by atoms with Crippen LogP contribution in [0.2, 0.25) is 0 Å². The van der Waals surface area contributed by atoms with E-state index in [-0.39, 0.29) is 17.8 Å². The van der Waals surface area contributed by atoms with Gasteiger partial charge in [-0.15, -0.1) is 0 Å².